The van der Waals surface area contributed by atoms with Crippen LogP contribution in [0.1, 0.15) is 32.0 Å². The molecule has 0 aromatic carbocycles. The highest BCUT2D eigenvalue weighted by atomic mass is 32.2. The molecular formula is C11H18N2S. The summed E-state index contributed by atoms with van der Waals surface area (Å²) in [5.74, 6) is 0. The first-order chi connectivity index (χ1) is 6.77. The molecule has 1 rings (SSSR count). The number of pyridine rings is 1. The van der Waals surface area contributed by atoms with Gasteiger partial charge < -0.3 is 5.32 Å². The quantitative estimate of drug-likeness (QED) is 0.756. The molecule has 0 saturated heterocycles. The minimum atomic E-state index is 0.353. The van der Waals surface area contributed by atoms with E-state index in [0.29, 0.717) is 6.04 Å². The summed E-state index contributed by atoms with van der Waals surface area (Å²) in [7, 11) is 0. The lowest BCUT2D eigenvalue weighted by Crippen LogP contribution is -2.20. The lowest BCUT2D eigenvalue weighted by Gasteiger charge is -2.12. The van der Waals surface area contributed by atoms with Crippen molar-refractivity contribution in [3.63, 3.8) is 0 Å². The number of aromatic nitrogens is 1. The van der Waals surface area contributed by atoms with Crippen molar-refractivity contribution in [1.82, 2.24) is 10.3 Å². The van der Waals surface area contributed by atoms with Gasteiger partial charge in [0.05, 0.1) is 5.69 Å². The van der Waals surface area contributed by atoms with Crippen LogP contribution >= 0.6 is 11.8 Å². The normalized spacial score (nSPS) is 12.8. The third-order valence-corrected chi connectivity index (χ3v) is 2.85. The van der Waals surface area contributed by atoms with Crippen LogP contribution in [0.25, 0.3) is 0 Å². The molecule has 0 spiro atoms. The summed E-state index contributed by atoms with van der Waals surface area (Å²) in [5, 5.41) is 3.42. The van der Waals surface area contributed by atoms with E-state index in [4.69, 9.17) is 0 Å². The summed E-state index contributed by atoms with van der Waals surface area (Å²) < 4.78 is 0. The van der Waals surface area contributed by atoms with E-state index >= 15 is 0 Å². The molecule has 0 bridgehead atoms. The topological polar surface area (TPSA) is 24.9 Å². The molecule has 2 nitrogen and oxygen atoms in total. The predicted octanol–water partition coefficient (Wildman–Crippen LogP) is 2.86. The number of rotatable bonds is 5. The van der Waals surface area contributed by atoms with Crippen LogP contribution in [0.15, 0.2) is 23.2 Å². The fraction of sp³-hybridized carbons (Fsp3) is 0.545. The maximum absolute atomic E-state index is 4.42. The van der Waals surface area contributed by atoms with Crippen LogP contribution in [0, 0.1) is 0 Å². The third kappa shape index (κ3) is 3.31. The first-order valence-corrected chi connectivity index (χ1v) is 6.23. The van der Waals surface area contributed by atoms with Gasteiger partial charge in [0.2, 0.25) is 0 Å². The highest BCUT2D eigenvalue weighted by molar-refractivity contribution is 7.98. The van der Waals surface area contributed by atoms with Crippen molar-refractivity contribution in [2.45, 2.75) is 31.2 Å². The Morgan fingerprint density at radius 3 is 2.79 bits per heavy atom. The Kier molecular flexibility index (Phi) is 4.98. The second-order valence-electron chi connectivity index (χ2n) is 3.30. The van der Waals surface area contributed by atoms with Gasteiger partial charge in [0, 0.05) is 17.1 Å². The lowest BCUT2D eigenvalue weighted by molar-refractivity contribution is 0.558. The standard InChI is InChI=1S/C11H18N2S/c1-4-7-12-9(2)11-6-5-10(14-3)8-13-11/h5-6,8-9,12H,4,7H2,1-3H3. The maximum atomic E-state index is 4.42. The van der Waals surface area contributed by atoms with Crippen molar-refractivity contribution >= 4 is 11.8 Å². The fourth-order valence-electron chi connectivity index (χ4n) is 1.23. The second-order valence-corrected chi connectivity index (χ2v) is 4.18. The lowest BCUT2D eigenvalue weighted by atomic mass is 10.2. The van der Waals surface area contributed by atoms with Crippen LogP contribution in [0.2, 0.25) is 0 Å². The zero-order valence-electron chi connectivity index (χ0n) is 9.08. The second kappa shape index (κ2) is 6.04. The van der Waals surface area contributed by atoms with E-state index in [1.165, 1.54) is 4.90 Å². The van der Waals surface area contributed by atoms with Gasteiger partial charge in [-0.3, -0.25) is 4.98 Å². The van der Waals surface area contributed by atoms with Gasteiger partial charge in [-0.05, 0) is 38.3 Å². The molecule has 0 aliphatic rings. The first kappa shape index (κ1) is 11.5. The average Bonchev–Trinajstić information content (AvgIpc) is 2.26. The Hall–Kier alpha value is -0.540. The molecule has 14 heavy (non-hydrogen) atoms. The SMILES string of the molecule is CCCNC(C)c1ccc(SC)cn1. The minimum Gasteiger partial charge on any atom is -0.309 e. The van der Waals surface area contributed by atoms with E-state index in [2.05, 4.69) is 42.5 Å². The molecule has 0 fully saturated rings. The summed E-state index contributed by atoms with van der Waals surface area (Å²) in [4.78, 5) is 5.64. The van der Waals surface area contributed by atoms with Gasteiger partial charge in [0.25, 0.3) is 0 Å². The molecule has 0 saturated carbocycles. The fourth-order valence-corrected chi connectivity index (χ4v) is 1.60. The average molecular weight is 210 g/mol. The highest BCUT2D eigenvalue weighted by Crippen LogP contribution is 2.15. The minimum absolute atomic E-state index is 0.353. The van der Waals surface area contributed by atoms with Crippen LogP contribution in [0.4, 0.5) is 0 Å². The van der Waals surface area contributed by atoms with Crippen molar-refractivity contribution in [3.8, 4) is 0 Å². The van der Waals surface area contributed by atoms with Crippen molar-refractivity contribution in [2.75, 3.05) is 12.8 Å². The summed E-state index contributed by atoms with van der Waals surface area (Å²) in [6, 6.07) is 4.57. The molecule has 1 N–H and O–H groups in total. The van der Waals surface area contributed by atoms with Gasteiger partial charge in [-0.2, -0.15) is 0 Å². The molecular weight excluding hydrogens is 192 g/mol. The summed E-state index contributed by atoms with van der Waals surface area (Å²) in [5.41, 5.74) is 1.12. The number of thioether (sulfide) groups is 1. The van der Waals surface area contributed by atoms with Crippen LogP contribution in [0.5, 0.6) is 0 Å². The predicted molar refractivity (Wildman–Crippen MR) is 62.7 cm³/mol. The van der Waals surface area contributed by atoms with Crippen molar-refractivity contribution in [1.29, 1.82) is 0 Å². The highest BCUT2D eigenvalue weighted by Gasteiger charge is 2.04. The molecule has 0 radical (unpaired) electrons. The van der Waals surface area contributed by atoms with E-state index in [1.54, 1.807) is 11.8 Å². The van der Waals surface area contributed by atoms with Crippen molar-refractivity contribution in [2.24, 2.45) is 0 Å². The molecule has 78 valence electrons. The Morgan fingerprint density at radius 1 is 1.50 bits per heavy atom. The molecule has 1 atom stereocenters. The Labute approximate surface area is 90.5 Å². The largest absolute Gasteiger partial charge is 0.309 e. The van der Waals surface area contributed by atoms with E-state index < -0.39 is 0 Å². The van der Waals surface area contributed by atoms with Gasteiger partial charge in [0.15, 0.2) is 0 Å². The monoisotopic (exact) mass is 210 g/mol. The zero-order chi connectivity index (χ0) is 10.4. The molecule has 1 aromatic heterocycles. The summed E-state index contributed by atoms with van der Waals surface area (Å²) in [6.07, 6.45) is 5.16. The molecule has 0 amide bonds. The smallest absolute Gasteiger partial charge is 0.0571 e. The van der Waals surface area contributed by atoms with Crippen LogP contribution in [-0.4, -0.2) is 17.8 Å². The Balaban J connectivity index is 2.57. The Bertz CT molecular complexity index is 258. The molecule has 1 heterocycles. The molecule has 0 aliphatic heterocycles. The first-order valence-electron chi connectivity index (χ1n) is 5.01. The van der Waals surface area contributed by atoms with Crippen LogP contribution in [-0.2, 0) is 0 Å². The maximum Gasteiger partial charge on any atom is 0.0571 e. The van der Waals surface area contributed by atoms with E-state index in [0.717, 1.165) is 18.7 Å². The zero-order valence-corrected chi connectivity index (χ0v) is 9.90. The molecule has 3 heteroatoms. The van der Waals surface area contributed by atoms with Gasteiger partial charge in [-0.1, -0.05) is 6.92 Å². The van der Waals surface area contributed by atoms with E-state index in [9.17, 15) is 0 Å². The molecule has 1 aromatic rings. The third-order valence-electron chi connectivity index (χ3n) is 2.14. The number of nitrogens with zero attached hydrogens (tertiary/aromatic N) is 1. The van der Waals surface area contributed by atoms with Crippen molar-refractivity contribution in [3.05, 3.63) is 24.0 Å². The van der Waals surface area contributed by atoms with Gasteiger partial charge >= 0.3 is 0 Å². The van der Waals surface area contributed by atoms with Gasteiger partial charge in [-0.15, -0.1) is 11.8 Å². The van der Waals surface area contributed by atoms with Crippen LogP contribution in [0.3, 0.4) is 0 Å². The summed E-state index contributed by atoms with van der Waals surface area (Å²) >= 11 is 1.72. The number of nitrogens with one attached hydrogen (secondary N) is 1. The van der Waals surface area contributed by atoms with Crippen LogP contribution < -0.4 is 5.32 Å². The number of hydrogen-bond donors (Lipinski definition) is 1. The Morgan fingerprint density at radius 2 is 2.29 bits per heavy atom. The molecule has 1 unspecified atom stereocenters. The van der Waals surface area contributed by atoms with E-state index in [-0.39, 0.29) is 0 Å². The van der Waals surface area contributed by atoms with Gasteiger partial charge in [0.1, 0.15) is 0 Å². The van der Waals surface area contributed by atoms with Crippen molar-refractivity contribution < 1.29 is 0 Å². The number of hydrogen-bond acceptors (Lipinski definition) is 3. The van der Waals surface area contributed by atoms with Gasteiger partial charge in [-0.25, -0.2) is 0 Å². The van der Waals surface area contributed by atoms with E-state index in [1.807, 2.05) is 6.20 Å². The molecule has 0 aliphatic carbocycles. The summed E-state index contributed by atoms with van der Waals surface area (Å²) in [6.45, 7) is 5.37.